The van der Waals surface area contributed by atoms with E-state index in [0.29, 0.717) is 22.4 Å². The third-order valence-corrected chi connectivity index (χ3v) is 3.93. The summed E-state index contributed by atoms with van der Waals surface area (Å²) in [5, 5.41) is 7.62. The fourth-order valence-electron chi connectivity index (χ4n) is 2.43. The Morgan fingerprint density at radius 3 is 2.31 bits per heavy atom. The highest BCUT2D eigenvalue weighted by atomic mass is 16.6. The van der Waals surface area contributed by atoms with Gasteiger partial charge < -0.3 is 19.1 Å². The SMILES string of the molecule is CO/N=C(/C(=O)OC)c1ccccc1/C=N/OC(C)C(=O)c1ccc(OC)cc1. The van der Waals surface area contributed by atoms with Crippen molar-refractivity contribution in [3.05, 3.63) is 65.2 Å². The molecule has 0 aromatic heterocycles. The van der Waals surface area contributed by atoms with Gasteiger partial charge in [0, 0.05) is 16.7 Å². The number of esters is 1. The standard InChI is InChI=1S/C21H22N2O6/c1-14(20(24)15-9-11-17(26-2)12-10-15)29-22-13-16-7-5-6-8-18(16)19(23-28-4)21(25)27-3/h5-14H,1-4H3/b22-13+,23-19+. The minimum Gasteiger partial charge on any atom is -0.497 e. The van der Waals surface area contributed by atoms with Crippen molar-refractivity contribution < 1.29 is 28.7 Å². The number of nitrogens with zero attached hydrogens (tertiary/aromatic N) is 2. The summed E-state index contributed by atoms with van der Waals surface area (Å²) in [4.78, 5) is 34.4. The summed E-state index contributed by atoms with van der Waals surface area (Å²) >= 11 is 0. The molecule has 0 N–H and O–H groups in total. The molecule has 0 fully saturated rings. The zero-order valence-electron chi connectivity index (χ0n) is 16.6. The summed E-state index contributed by atoms with van der Waals surface area (Å²) in [5.41, 5.74) is 1.45. The van der Waals surface area contributed by atoms with Crippen LogP contribution in [0.15, 0.2) is 58.8 Å². The predicted octanol–water partition coefficient (Wildman–Crippen LogP) is 2.84. The van der Waals surface area contributed by atoms with E-state index in [-0.39, 0.29) is 11.5 Å². The van der Waals surface area contributed by atoms with Gasteiger partial charge in [-0.25, -0.2) is 4.79 Å². The van der Waals surface area contributed by atoms with Crippen molar-refractivity contribution in [2.45, 2.75) is 13.0 Å². The molecule has 2 aromatic rings. The highest BCUT2D eigenvalue weighted by molar-refractivity contribution is 6.44. The molecule has 0 heterocycles. The summed E-state index contributed by atoms with van der Waals surface area (Å²) in [7, 11) is 4.13. The summed E-state index contributed by atoms with van der Waals surface area (Å²) in [6, 6.07) is 13.6. The molecular weight excluding hydrogens is 376 g/mol. The van der Waals surface area contributed by atoms with Crippen LogP contribution in [-0.4, -0.2) is 51.1 Å². The molecule has 29 heavy (non-hydrogen) atoms. The zero-order valence-corrected chi connectivity index (χ0v) is 16.6. The number of hydrogen-bond donors (Lipinski definition) is 0. The van der Waals surface area contributed by atoms with Crippen molar-refractivity contribution in [2.24, 2.45) is 10.3 Å². The highest BCUT2D eigenvalue weighted by Crippen LogP contribution is 2.14. The number of benzene rings is 2. The molecule has 0 radical (unpaired) electrons. The summed E-state index contributed by atoms with van der Waals surface area (Å²) in [6.07, 6.45) is 0.584. The van der Waals surface area contributed by atoms with Crippen LogP contribution in [-0.2, 0) is 19.2 Å². The average Bonchev–Trinajstić information content (AvgIpc) is 2.77. The Kier molecular flexibility index (Phi) is 7.90. The van der Waals surface area contributed by atoms with E-state index in [2.05, 4.69) is 10.3 Å². The topological polar surface area (TPSA) is 95.8 Å². The van der Waals surface area contributed by atoms with Gasteiger partial charge in [-0.1, -0.05) is 34.6 Å². The van der Waals surface area contributed by atoms with E-state index >= 15 is 0 Å². The normalized spacial score (nSPS) is 12.3. The number of methoxy groups -OCH3 is 2. The Labute approximate surface area is 168 Å². The molecule has 1 atom stereocenters. The molecule has 2 aromatic carbocycles. The van der Waals surface area contributed by atoms with Crippen molar-refractivity contribution in [1.82, 2.24) is 0 Å². The number of carbonyl (C=O) groups is 2. The van der Waals surface area contributed by atoms with Gasteiger partial charge >= 0.3 is 5.97 Å². The van der Waals surface area contributed by atoms with E-state index in [9.17, 15) is 9.59 Å². The molecule has 0 spiro atoms. The Balaban J connectivity index is 2.14. The molecule has 8 nitrogen and oxygen atoms in total. The number of rotatable bonds is 9. The average molecular weight is 398 g/mol. The smallest absolute Gasteiger partial charge is 0.360 e. The molecule has 0 bridgehead atoms. The molecular formula is C21H22N2O6. The third kappa shape index (κ3) is 5.65. The number of oxime groups is 2. The van der Waals surface area contributed by atoms with Gasteiger partial charge in [0.25, 0.3) is 0 Å². The highest BCUT2D eigenvalue weighted by Gasteiger charge is 2.19. The Hall–Kier alpha value is -3.68. The number of carbonyl (C=O) groups excluding carboxylic acids is 2. The van der Waals surface area contributed by atoms with Crippen molar-refractivity contribution in [1.29, 1.82) is 0 Å². The summed E-state index contributed by atoms with van der Waals surface area (Å²) in [6.45, 7) is 1.60. The van der Waals surface area contributed by atoms with Gasteiger partial charge in [-0.15, -0.1) is 0 Å². The predicted molar refractivity (Wildman–Crippen MR) is 107 cm³/mol. The minimum atomic E-state index is -0.806. The first kappa shape index (κ1) is 21.6. The minimum absolute atomic E-state index is 0.0144. The lowest BCUT2D eigenvalue weighted by Crippen LogP contribution is -2.20. The van der Waals surface area contributed by atoms with Crippen LogP contribution in [0.5, 0.6) is 5.75 Å². The number of ketones is 1. The fraction of sp³-hybridized carbons (Fsp3) is 0.238. The summed E-state index contributed by atoms with van der Waals surface area (Å²) < 4.78 is 9.81. The Morgan fingerprint density at radius 1 is 1.00 bits per heavy atom. The third-order valence-electron chi connectivity index (χ3n) is 3.93. The van der Waals surface area contributed by atoms with Gasteiger partial charge in [0.15, 0.2) is 11.8 Å². The molecule has 0 aliphatic carbocycles. The number of hydrogen-bond acceptors (Lipinski definition) is 8. The van der Waals surface area contributed by atoms with Crippen LogP contribution in [0.2, 0.25) is 0 Å². The van der Waals surface area contributed by atoms with Crippen LogP contribution < -0.4 is 4.74 Å². The maximum Gasteiger partial charge on any atom is 0.360 e. The van der Waals surface area contributed by atoms with Crippen molar-refractivity contribution in [3.63, 3.8) is 0 Å². The van der Waals surface area contributed by atoms with E-state index in [0.717, 1.165) is 0 Å². The van der Waals surface area contributed by atoms with Gasteiger partial charge in [-0.3, -0.25) is 4.79 Å². The number of ether oxygens (including phenoxy) is 2. The lowest BCUT2D eigenvalue weighted by Gasteiger charge is -2.10. The summed E-state index contributed by atoms with van der Waals surface area (Å²) in [5.74, 6) is -0.227. The molecule has 2 rings (SSSR count). The second-order valence-electron chi connectivity index (χ2n) is 5.78. The molecule has 0 aliphatic rings. The first-order chi connectivity index (χ1) is 14.0. The zero-order chi connectivity index (χ0) is 21.2. The van der Waals surface area contributed by atoms with Gasteiger partial charge in [-0.05, 0) is 31.2 Å². The van der Waals surface area contributed by atoms with E-state index in [1.165, 1.54) is 20.4 Å². The van der Waals surface area contributed by atoms with Gasteiger partial charge in [-0.2, -0.15) is 0 Å². The maximum atomic E-state index is 12.4. The second kappa shape index (κ2) is 10.6. The van der Waals surface area contributed by atoms with E-state index in [4.69, 9.17) is 19.1 Å². The molecule has 1 unspecified atom stereocenters. The lowest BCUT2D eigenvalue weighted by molar-refractivity contribution is -0.132. The molecule has 0 saturated carbocycles. The first-order valence-corrected chi connectivity index (χ1v) is 8.68. The van der Waals surface area contributed by atoms with Crippen LogP contribution in [0.25, 0.3) is 0 Å². The Bertz CT molecular complexity index is 906. The maximum absolute atomic E-state index is 12.4. The number of Topliss-reactive ketones (excluding diaryl/α,β-unsaturated/α-hetero) is 1. The largest absolute Gasteiger partial charge is 0.497 e. The lowest BCUT2D eigenvalue weighted by atomic mass is 10.0. The fourth-order valence-corrected chi connectivity index (χ4v) is 2.43. The molecule has 0 saturated heterocycles. The van der Waals surface area contributed by atoms with Crippen LogP contribution in [0.3, 0.4) is 0 Å². The van der Waals surface area contributed by atoms with Crippen LogP contribution in [0.1, 0.15) is 28.4 Å². The van der Waals surface area contributed by atoms with Crippen molar-refractivity contribution in [2.75, 3.05) is 21.3 Å². The molecule has 0 amide bonds. The Morgan fingerprint density at radius 2 is 1.69 bits per heavy atom. The molecule has 8 heteroatoms. The van der Waals surface area contributed by atoms with Crippen molar-refractivity contribution in [3.8, 4) is 5.75 Å². The monoisotopic (exact) mass is 398 g/mol. The van der Waals surface area contributed by atoms with E-state index in [1.807, 2.05) is 0 Å². The van der Waals surface area contributed by atoms with E-state index < -0.39 is 12.1 Å². The molecule has 152 valence electrons. The van der Waals surface area contributed by atoms with E-state index in [1.54, 1.807) is 62.6 Å². The van der Waals surface area contributed by atoms with Gasteiger partial charge in [0.05, 0.1) is 20.4 Å². The van der Waals surface area contributed by atoms with Crippen LogP contribution in [0, 0.1) is 0 Å². The first-order valence-electron chi connectivity index (χ1n) is 8.68. The van der Waals surface area contributed by atoms with Crippen molar-refractivity contribution >= 4 is 23.7 Å². The van der Waals surface area contributed by atoms with Crippen LogP contribution >= 0.6 is 0 Å². The van der Waals surface area contributed by atoms with Gasteiger partial charge in [0.1, 0.15) is 12.9 Å². The second-order valence-corrected chi connectivity index (χ2v) is 5.78. The van der Waals surface area contributed by atoms with Crippen LogP contribution in [0.4, 0.5) is 0 Å². The molecule has 0 aliphatic heterocycles. The quantitative estimate of drug-likeness (QED) is 0.279. The van der Waals surface area contributed by atoms with Gasteiger partial charge in [0.2, 0.25) is 5.78 Å².